The maximum atomic E-state index is 13.1. The molecule has 0 spiro atoms. The lowest BCUT2D eigenvalue weighted by molar-refractivity contribution is -0.305. The Labute approximate surface area is 193 Å². The van der Waals surface area contributed by atoms with Gasteiger partial charge in [-0.15, -0.1) is 11.8 Å². The minimum absolute atomic E-state index is 0.0114. The topological polar surface area (TPSA) is 110 Å². The molecule has 31 heavy (non-hydrogen) atoms. The average Bonchev–Trinajstić information content (AvgIpc) is 3.44. The van der Waals surface area contributed by atoms with Gasteiger partial charge < -0.3 is 14.9 Å². The van der Waals surface area contributed by atoms with E-state index in [0.29, 0.717) is 0 Å². The minimum Gasteiger partial charge on any atom is -0.548 e. The first-order valence-electron chi connectivity index (χ1n) is 10.1. The van der Waals surface area contributed by atoms with E-state index in [-0.39, 0.29) is 45.6 Å². The van der Waals surface area contributed by atoms with Crippen LogP contribution in [0, 0.1) is 29.6 Å². The van der Waals surface area contributed by atoms with Gasteiger partial charge in [-0.1, -0.05) is 39.4 Å². The van der Waals surface area contributed by atoms with Crippen LogP contribution in [0.1, 0.15) is 22.8 Å². The van der Waals surface area contributed by atoms with Crippen molar-refractivity contribution in [2.75, 3.05) is 6.54 Å². The molecule has 0 unspecified atom stereocenters. The van der Waals surface area contributed by atoms with Crippen molar-refractivity contribution in [3.63, 3.8) is 0 Å². The van der Waals surface area contributed by atoms with Crippen LogP contribution in [-0.4, -0.2) is 39.5 Å². The highest BCUT2D eigenvalue weighted by atomic mass is 79.9. The van der Waals surface area contributed by atoms with Crippen LogP contribution in [0.15, 0.2) is 38.6 Å². The largest absolute Gasteiger partial charge is 0.548 e. The summed E-state index contributed by atoms with van der Waals surface area (Å²) in [5, 5.41) is 12.1. The molecule has 2 aliphatic heterocycles. The van der Waals surface area contributed by atoms with Crippen LogP contribution >= 0.6 is 39.0 Å². The summed E-state index contributed by atoms with van der Waals surface area (Å²) in [6.07, 6.45) is 0.778. The van der Waals surface area contributed by atoms with Crippen molar-refractivity contribution >= 4 is 56.8 Å². The number of aliphatic carboxylic acids is 1. The van der Waals surface area contributed by atoms with E-state index in [4.69, 9.17) is 0 Å². The maximum absolute atomic E-state index is 13.1. The molecule has 2 amide bonds. The molecule has 1 aromatic carbocycles. The number of imide groups is 1. The van der Waals surface area contributed by atoms with Crippen LogP contribution in [0.25, 0.3) is 0 Å². The summed E-state index contributed by atoms with van der Waals surface area (Å²) in [4.78, 5) is 54.1. The van der Waals surface area contributed by atoms with Crippen molar-refractivity contribution in [1.29, 1.82) is 0 Å². The smallest absolute Gasteiger partial charge is 0.305 e. The fourth-order valence-corrected chi connectivity index (χ4v) is 9.56. The number of nitrogens with zero attached hydrogens (tertiary/aromatic N) is 1. The molecular weight excluding hydrogens is 504 g/mol. The summed E-state index contributed by atoms with van der Waals surface area (Å²) >= 11 is 6.31. The van der Waals surface area contributed by atoms with Gasteiger partial charge in [0.05, 0.1) is 29.4 Å². The SMILES string of the molecule is O=C([O-])CN1C(=O)[C@@H]2[C@@H]3C[C@H]([C@@H]2C1=O)[C@H]1[C@H](c2ccc(Br)cc2)c2sc(=O)[nH]c2S[C@@H]31. The number of halogens is 1. The number of hydrogen-bond acceptors (Lipinski definition) is 7. The van der Waals surface area contributed by atoms with Gasteiger partial charge in [-0.05, 0) is 41.9 Å². The molecule has 1 N–H and O–H groups in total. The normalized spacial score (nSPS) is 35.3. The first-order valence-corrected chi connectivity index (χ1v) is 12.5. The summed E-state index contributed by atoms with van der Waals surface area (Å²) in [6.45, 7) is -0.677. The number of amides is 2. The molecule has 2 bridgehead atoms. The van der Waals surface area contributed by atoms with Crippen LogP contribution in [-0.2, 0) is 14.4 Å². The molecule has 2 saturated carbocycles. The van der Waals surface area contributed by atoms with Gasteiger partial charge >= 0.3 is 4.87 Å². The van der Waals surface area contributed by atoms with E-state index in [1.165, 1.54) is 11.3 Å². The monoisotopic (exact) mass is 519 g/mol. The van der Waals surface area contributed by atoms with Crippen molar-refractivity contribution in [3.05, 3.63) is 48.8 Å². The Morgan fingerprint density at radius 3 is 2.48 bits per heavy atom. The number of benzene rings is 1. The molecule has 6 rings (SSSR count). The molecular formula is C21H16BrN2O5S2-. The first kappa shape index (κ1) is 19.8. The number of aromatic amines is 1. The number of fused-ring (bicyclic) bond motifs is 9. The number of carboxylic acid groups (broad SMARTS) is 1. The molecule has 10 heteroatoms. The van der Waals surface area contributed by atoms with Crippen molar-refractivity contribution < 1.29 is 19.5 Å². The average molecular weight is 520 g/mol. The van der Waals surface area contributed by atoms with Gasteiger partial charge in [0, 0.05) is 20.5 Å². The zero-order valence-corrected chi connectivity index (χ0v) is 19.2. The number of nitrogens with one attached hydrogen (secondary N) is 1. The minimum atomic E-state index is -1.42. The summed E-state index contributed by atoms with van der Waals surface area (Å²) < 4.78 is 0.961. The van der Waals surface area contributed by atoms with Gasteiger partial charge in [-0.25, -0.2) is 0 Å². The number of rotatable bonds is 3. The lowest BCUT2D eigenvalue weighted by Gasteiger charge is -2.43. The number of aromatic nitrogens is 1. The van der Waals surface area contributed by atoms with Crippen molar-refractivity contribution in [2.45, 2.75) is 22.6 Å². The van der Waals surface area contributed by atoms with Crippen LogP contribution in [0.5, 0.6) is 0 Å². The fourth-order valence-electron chi connectivity index (χ4n) is 6.41. The predicted octanol–water partition coefficient (Wildman–Crippen LogP) is 1.42. The predicted molar refractivity (Wildman–Crippen MR) is 114 cm³/mol. The fraction of sp³-hybridized carbons (Fsp3) is 0.429. The van der Waals surface area contributed by atoms with Gasteiger partial charge in [0.15, 0.2) is 0 Å². The Morgan fingerprint density at radius 1 is 1.13 bits per heavy atom. The molecule has 7 nitrogen and oxygen atoms in total. The summed E-state index contributed by atoms with van der Waals surface area (Å²) in [7, 11) is 0. The van der Waals surface area contributed by atoms with E-state index < -0.39 is 24.3 Å². The molecule has 7 atom stereocenters. The Morgan fingerprint density at radius 2 is 1.81 bits per heavy atom. The number of thioether (sulfide) groups is 1. The zero-order chi connectivity index (χ0) is 21.6. The molecule has 3 heterocycles. The lowest BCUT2D eigenvalue weighted by atomic mass is 9.68. The maximum Gasteiger partial charge on any atom is 0.305 e. The lowest BCUT2D eigenvalue weighted by Crippen LogP contribution is -2.42. The molecule has 2 aliphatic carbocycles. The Balaban J connectivity index is 1.45. The highest BCUT2D eigenvalue weighted by Crippen LogP contribution is 2.68. The van der Waals surface area contributed by atoms with E-state index >= 15 is 0 Å². The van der Waals surface area contributed by atoms with Crippen LogP contribution in [0.4, 0.5) is 0 Å². The summed E-state index contributed by atoms with van der Waals surface area (Å²) in [5.41, 5.74) is 1.09. The third-order valence-electron chi connectivity index (χ3n) is 7.33. The van der Waals surface area contributed by atoms with Gasteiger partial charge in [-0.3, -0.25) is 19.3 Å². The van der Waals surface area contributed by atoms with Crippen molar-refractivity contribution in [2.24, 2.45) is 29.6 Å². The van der Waals surface area contributed by atoms with Gasteiger partial charge in [-0.2, -0.15) is 0 Å². The van der Waals surface area contributed by atoms with Gasteiger partial charge in [0.25, 0.3) is 0 Å². The second kappa shape index (κ2) is 6.79. The van der Waals surface area contributed by atoms with Crippen LogP contribution < -0.4 is 9.98 Å². The molecule has 1 aromatic heterocycles. The standard InChI is InChI=1S/C21H17BrN2O5S2/c22-8-3-1-7(2-4-8)12-13-9-5-10(16(13)30-18-17(12)31-21(29)23-18)15-14(9)19(27)24(20(15)28)6-11(25)26/h1-4,9-10,12-16H,5-6H2,(H,23,29)(H,25,26)/p-1/t9-,10-,12-,13-,14-,15+,16-/m0/s1. The van der Waals surface area contributed by atoms with Crippen LogP contribution in [0.2, 0.25) is 0 Å². The Kier molecular flexibility index (Phi) is 4.33. The second-order valence-electron chi connectivity index (χ2n) is 8.65. The first-order chi connectivity index (χ1) is 14.8. The van der Waals surface area contributed by atoms with E-state index in [0.717, 1.165) is 31.3 Å². The molecule has 2 aromatic rings. The molecule has 0 radical (unpaired) electrons. The Bertz CT molecular complexity index is 1190. The highest BCUT2D eigenvalue weighted by molar-refractivity contribution is 9.10. The number of hydrogen-bond donors (Lipinski definition) is 1. The van der Waals surface area contributed by atoms with E-state index in [1.54, 1.807) is 11.8 Å². The van der Waals surface area contributed by atoms with Crippen molar-refractivity contribution in [1.82, 2.24) is 9.88 Å². The molecule has 3 fully saturated rings. The van der Waals surface area contributed by atoms with Crippen LogP contribution in [0.3, 0.4) is 0 Å². The quantitative estimate of drug-likeness (QED) is 0.614. The number of thiazole rings is 1. The van der Waals surface area contributed by atoms with E-state index in [9.17, 15) is 24.3 Å². The number of carbonyl (C=O) groups is 3. The Hall–Kier alpha value is -1.91. The number of H-pyrrole nitrogens is 1. The zero-order valence-electron chi connectivity index (χ0n) is 15.9. The molecule has 1 saturated heterocycles. The van der Waals surface area contributed by atoms with E-state index in [2.05, 4.69) is 20.9 Å². The number of carboxylic acids is 1. The number of carbonyl (C=O) groups excluding carboxylic acids is 3. The summed E-state index contributed by atoms with van der Waals surface area (Å²) in [6, 6.07) is 8.04. The van der Waals surface area contributed by atoms with Gasteiger partial charge in [0.1, 0.15) is 0 Å². The van der Waals surface area contributed by atoms with E-state index in [1.807, 2.05) is 24.3 Å². The van der Waals surface area contributed by atoms with Crippen molar-refractivity contribution in [3.8, 4) is 0 Å². The van der Waals surface area contributed by atoms with Gasteiger partial charge in [0.2, 0.25) is 11.8 Å². The third kappa shape index (κ3) is 2.70. The third-order valence-corrected chi connectivity index (χ3v) is 10.4. The highest BCUT2D eigenvalue weighted by Gasteiger charge is 2.69. The molecule has 4 aliphatic rings. The molecule has 160 valence electrons. The second-order valence-corrected chi connectivity index (χ2v) is 11.8. The number of likely N-dealkylation sites (tertiary alicyclic amines) is 1. The summed E-state index contributed by atoms with van der Waals surface area (Å²) in [5.74, 6) is -3.08.